The molecule has 0 aromatic heterocycles. The molecule has 0 spiro atoms. The Hall–Kier alpha value is -0.320. The number of ketones is 1. The smallest absolute Gasteiger partial charge is 0.143 e. The van der Waals surface area contributed by atoms with Gasteiger partial charge in [-0.25, -0.2) is 0 Å². The van der Waals surface area contributed by atoms with Gasteiger partial charge in [-0.1, -0.05) is 37.1 Å². The number of piperidine rings is 2. The van der Waals surface area contributed by atoms with Gasteiger partial charge in [-0.15, -0.1) is 24.8 Å². The van der Waals surface area contributed by atoms with Gasteiger partial charge >= 0.3 is 0 Å². The van der Waals surface area contributed by atoms with E-state index in [1.54, 1.807) is 0 Å². The number of Topliss-reactive ketones (excluding diaryl/α,β-unsaturated/α-hetero) is 1. The molecular weight excluding hydrogens is 427 g/mol. The molecule has 2 aliphatic heterocycles. The fraction of sp³-hybridized carbons (Fsp3) is 0.696. The molecule has 29 heavy (non-hydrogen) atoms. The van der Waals surface area contributed by atoms with Gasteiger partial charge in [0.15, 0.2) is 0 Å². The highest BCUT2D eigenvalue weighted by Gasteiger charge is 2.41. The monoisotopic (exact) mass is 462 g/mol. The van der Waals surface area contributed by atoms with Crippen molar-refractivity contribution in [1.82, 2.24) is 9.80 Å². The number of carbonyl (C=O) groups excluding carboxylic acids is 1. The van der Waals surface area contributed by atoms with E-state index < -0.39 is 0 Å². The van der Waals surface area contributed by atoms with Gasteiger partial charge in [0.1, 0.15) is 5.78 Å². The van der Waals surface area contributed by atoms with Crippen LogP contribution in [0.5, 0.6) is 0 Å². The third-order valence-electron chi connectivity index (χ3n) is 6.50. The van der Waals surface area contributed by atoms with Crippen LogP contribution in [0, 0.1) is 0 Å². The van der Waals surface area contributed by atoms with Crippen molar-refractivity contribution < 1.29 is 4.79 Å². The van der Waals surface area contributed by atoms with Crippen molar-refractivity contribution in [3.8, 4) is 0 Å². The molecule has 0 aliphatic carbocycles. The average Bonchev–Trinajstić information content (AvgIpc) is 2.69. The van der Waals surface area contributed by atoms with Gasteiger partial charge in [-0.05, 0) is 95.5 Å². The number of likely N-dealkylation sites (tertiary alicyclic amines) is 2. The lowest BCUT2D eigenvalue weighted by atomic mass is 9.68. The standard InChI is InChI=1S/C23H35ClN2O.2ClH/c1-2-8-22(27)23(20-9-6-10-21(24)19-20)11-17-26(18-12-23)16-7-15-25-13-4-3-5-14-25;;/h6,9-10,19H,2-5,7-8,11-18H2,1H3;2*1H. The summed E-state index contributed by atoms with van der Waals surface area (Å²) in [7, 11) is 0. The van der Waals surface area contributed by atoms with Gasteiger partial charge in [-0.3, -0.25) is 4.79 Å². The van der Waals surface area contributed by atoms with E-state index in [-0.39, 0.29) is 30.2 Å². The van der Waals surface area contributed by atoms with E-state index in [1.165, 1.54) is 45.3 Å². The summed E-state index contributed by atoms with van der Waals surface area (Å²) in [6, 6.07) is 8.01. The van der Waals surface area contributed by atoms with Crippen LogP contribution in [0.2, 0.25) is 5.02 Å². The maximum Gasteiger partial charge on any atom is 0.143 e. The molecule has 2 aliphatic rings. The molecule has 3 nitrogen and oxygen atoms in total. The highest BCUT2D eigenvalue weighted by atomic mass is 35.5. The zero-order chi connectivity index (χ0) is 19.1. The van der Waals surface area contributed by atoms with Gasteiger partial charge in [0, 0.05) is 11.4 Å². The lowest BCUT2D eigenvalue weighted by Gasteiger charge is -2.41. The SMILES string of the molecule is CCCC(=O)C1(c2cccc(Cl)c2)CCN(CCCN2CCCCC2)CC1.Cl.Cl. The molecule has 0 bridgehead atoms. The lowest BCUT2D eigenvalue weighted by molar-refractivity contribution is -0.126. The number of hydrogen-bond donors (Lipinski definition) is 0. The first-order chi connectivity index (χ1) is 13.1. The second kappa shape index (κ2) is 13.2. The van der Waals surface area contributed by atoms with Gasteiger partial charge in [-0.2, -0.15) is 0 Å². The quantitative estimate of drug-likeness (QED) is 0.489. The number of benzene rings is 1. The molecule has 0 N–H and O–H groups in total. The normalized spacial score (nSPS) is 19.8. The summed E-state index contributed by atoms with van der Waals surface area (Å²) in [6.45, 7) is 9.07. The van der Waals surface area contributed by atoms with E-state index in [1.807, 2.05) is 18.2 Å². The van der Waals surface area contributed by atoms with Crippen LogP contribution in [0.4, 0.5) is 0 Å². The van der Waals surface area contributed by atoms with E-state index >= 15 is 0 Å². The summed E-state index contributed by atoms with van der Waals surface area (Å²) in [6.07, 6.45) is 8.82. The van der Waals surface area contributed by atoms with E-state index in [0.717, 1.165) is 49.5 Å². The van der Waals surface area contributed by atoms with Crippen LogP contribution in [0.25, 0.3) is 0 Å². The first kappa shape index (κ1) is 26.7. The molecule has 6 heteroatoms. The van der Waals surface area contributed by atoms with Crippen LogP contribution in [-0.2, 0) is 10.2 Å². The first-order valence-corrected chi connectivity index (χ1v) is 11.3. The van der Waals surface area contributed by atoms with Crippen LogP contribution in [0.3, 0.4) is 0 Å². The van der Waals surface area contributed by atoms with Crippen molar-refractivity contribution >= 4 is 42.2 Å². The molecule has 2 saturated heterocycles. The van der Waals surface area contributed by atoms with E-state index in [9.17, 15) is 4.79 Å². The Bertz CT molecular complexity index is 612. The second-order valence-corrected chi connectivity index (χ2v) is 8.80. The average molecular weight is 464 g/mol. The topological polar surface area (TPSA) is 23.6 Å². The van der Waals surface area contributed by atoms with Crippen molar-refractivity contribution in [3.05, 3.63) is 34.9 Å². The Kier molecular flexibility index (Phi) is 12.1. The maximum atomic E-state index is 13.1. The van der Waals surface area contributed by atoms with Gasteiger partial charge < -0.3 is 9.80 Å². The summed E-state index contributed by atoms with van der Waals surface area (Å²) in [5, 5.41) is 0.736. The molecule has 1 aromatic carbocycles. The predicted octanol–water partition coefficient (Wildman–Crippen LogP) is 5.76. The molecule has 0 atom stereocenters. The van der Waals surface area contributed by atoms with Gasteiger partial charge in [0.05, 0.1) is 5.41 Å². The minimum atomic E-state index is -0.329. The molecule has 2 heterocycles. The third kappa shape index (κ3) is 7.11. The highest BCUT2D eigenvalue weighted by molar-refractivity contribution is 6.30. The number of nitrogens with zero attached hydrogens (tertiary/aromatic N) is 2. The summed E-state index contributed by atoms with van der Waals surface area (Å²) in [5.74, 6) is 0.403. The van der Waals surface area contributed by atoms with Crippen molar-refractivity contribution in [2.45, 2.75) is 63.7 Å². The minimum Gasteiger partial charge on any atom is -0.303 e. The molecule has 0 radical (unpaired) electrons. The van der Waals surface area contributed by atoms with Crippen LogP contribution < -0.4 is 0 Å². The van der Waals surface area contributed by atoms with Gasteiger partial charge in [0.2, 0.25) is 0 Å². The number of rotatable bonds is 8. The van der Waals surface area contributed by atoms with Gasteiger partial charge in [0.25, 0.3) is 0 Å². The Labute approximate surface area is 194 Å². The van der Waals surface area contributed by atoms with E-state index in [0.29, 0.717) is 12.2 Å². The number of carbonyl (C=O) groups is 1. The van der Waals surface area contributed by atoms with Crippen molar-refractivity contribution in [2.24, 2.45) is 0 Å². The van der Waals surface area contributed by atoms with Crippen molar-refractivity contribution in [1.29, 1.82) is 0 Å². The van der Waals surface area contributed by atoms with Crippen LogP contribution in [-0.4, -0.2) is 54.9 Å². The summed E-state index contributed by atoms with van der Waals surface area (Å²) in [4.78, 5) is 18.3. The van der Waals surface area contributed by atoms with Crippen LogP contribution in [0.15, 0.2) is 24.3 Å². The zero-order valence-electron chi connectivity index (χ0n) is 17.7. The molecule has 2 fully saturated rings. The molecule has 1 aromatic rings. The first-order valence-electron chi connectivity index (χ1n) is 10.9. The van der Waals surface area contributed by atoms with Crippen molar-refractivity contribution in [3.63, 3.8) is 0 Å². The molecule has 0 saturated carbocycles. The molecule has 0 unspecified atom stereocenters. The number of hydrogen-bond acceptors (Lipinski definition) is 3. The van der Waals surface area contributed by atoms with Crippen LogP contribution >= 0.6 is 36.4 Å². The van der Waals surface area contributed by atoms with E-state index in [4.69, 9.17) is 11.6 Å². The second-order valence-electron chi connectivity index (χ2n) is 8.36. The van der Waals surface area contributed by atoms with Crippen molar-refractivity contribution in [2.75, 3.05) is 39.3 Å². The highest BCUT2D eigenvalue weighted by Crippen LogP contribution is 2.38. The van der Waals surface area contributed by atoms with Crippen LogP contribution in [0.1, 0.15) is 63.9 Å². The Morgan fingerprint density at radius 3 is 2.21 bits per heavy atom. The van der Waals surface area contributed by atoms with E-state index in [2.05, 4.69) is 22.8 Å². The minimum absolute atomic E-state index is 0. The predicted molar refractivity (Wildman–Crippen MR) is 128 cm³/mol. The zero-order valence-corrected chi connectivity index (χ0v) is 20.1. The third-order valence-corrected chi connectivity index (χ3v) is 6.73. The molecule has 3 rings (SSSR count). The molecule has 166 valence electrons. The lowest BCUT2D eigenvalue weighted by Crippen LogP contribution is -2.47. The largest absolute Gasteiger partial charge is 0.303 e. The summed E-state index contributed by atoms with van der Waals surface area (Å²) >= 11 is 6.25. The number of halogens is 3. The Morgan fingerprint density at radius 2 is 1.62 bits per heavy atom. The summed E-state index contributed by atoms with van der Waals surface area (Å²) in [5.41, 5.74) is 0.797. The molecule has 0 amide bonds. The fourth-order valence-electron chi connectivity index (χ4n) is 4.84. The Balaban J connectivity index is 0.00000210. The Morgan fingerprint density at radius 1 is 1.00 bits per heavy atom. The fourth-order valence-corrected chi connectivity index (χ4v) is 5.03. The summed E-state index contributed by atoms with van der Waals surface area (Å²) < 4.78 is 0. The maximum absolute atomic E-state index is 13.1. The molecular formula is C23H37Cl3N2O.